The molecule has 0 saturated heterocycles. The minimum Gasteiger partial charge on any atom is -0.507 e. The number of hydrogen-bond acceptors (Lipinski definition) is 5. The van der Waals surface area contributed by atoms with Gasteiger partial charge in [-0.05, 0) is 32.0 Å². The van der Waals surface area contributed by atoms with Gasteiger partial charge >= 0.3 is 5.97 Å². The van der Waals surface area contributed by atoms with Gasteiger partial charge in [0.05, 0.1) is 17.7 Å². The van der Waals surface area contributed by atoms with Crippen LogP contribution in [0.3, 0.4) is 0 Å². The molecule has 0 aliphatic heterocycles. The second-order valence-corrected chi connectivity index (χ2v) is 4.53. The minimum atomic E-state index is -0.534. The van der Waals surface area contributed by atoms with Crippen LogP contribution in [0.2, 0.25) is 0 Å². The number of aromatic hydroxyl groups is 1. The van der Waals surface area contributed by atoms with Crippen molar-refractivity contribution in [3.05, 3.63) is 58.9 Å². The van der Waals surface area contributed by atoms with E-state index in [0.717, 1.165) is 5.56 Å². The molecule has 1 aromatic heterocycles. The van der Waals surface area contributed by atoms with Gasteiger partial charge in [0.25, 0.3) is 0 Å². The zero-order valence-electron chi connectivity index (χ0n) is 11.8. The van der Waals surface area contributed by atoms with Crippen molar-refractivity contribution in [3.63, 3.8) is 0 Å². The lowest BCUT2D eigenvalue weighted by Gasteiger charge is -2.06. The van der Waals surface area contributed by atoms with E-state index < -0.39 is 11.8 Å². The number of carbonyl (C=O) groups excluding carboxylic acids is 2. The van der Waals surface area contributed by atoms with Crippen molar-refractivity contribution in [2.75, 3.05) is 6.61 Å². The summed E-state index contributed by atoms with van der Waals surface area (Å²) >= 11 is 0. The average Bonchev–Trinajstić information content (AvgIpc) is 2.49. The molecule has 0 fully saturated rings. The zero-order valence-corrected chi connectivity index (χ0v) is 11.8. The number of ether oxygens (including phenoxy) is 1. The van der Waals surface area contributed by atoms with Gasteiger partial charge in [0.2, 0.25) is 0 Å². The maximum absolute atomic E-state index is 12.4. The third-order valence-electron chi connectivity index (χ3n) is 2.91. The van der Waals surface area contributed by atoms with E-state index in [1.807, 2.05) is 6.92 Å². The highest BCUT2D eigenvalue weighted by molar-refractivity contribution is 6.11. The molecule has 0 atom stereocenters. The number of phenolic OH excluding ortho intramolecular Hbond substituents is 1. The van der Waals surface area contributed by atoms with Crippen molar-refractivity contribution in [2.45, 2.75) is 13.8 Å². The molecule has 0 saturated carbocycles. The van der Waals surface area contributed by atoms with Crippen molar-refractivity contribution >= 4 is 11.8 Å². The molecule has 0 spiro atoms. The van der Waals surface area contributed by atoms with Crippen LogP contribution < -0.4 is 0 Å². The lowest BCUT2D eigenvalue weighted by atomic mass is 10.0. The molecular weight excluding hydrogens is 270 g/mol. The highest BCUT2D eigenvalue weighted by atomic mass is 16.5. The minimum absolute atomic E-state index is 0.105. The van der Waals surface area contributed by atoms with Gasteiger partial charge < -0.3 is 9.84 Å². The number of carbonyl (C=O) groups is 2. The molecule has 108 valence electrons. The predicted molar refractivity (Wildman–Crippen MR) is 76.5 cm³/mol. The fourth-order valence-electron chi connectivity index (χ4n) is 1.88. The van der Waals surface area contributed by atoms with E-state index in [-0.39, 0.29) is 29.0 Å². The Hall–Kier alpha value is -2.69. The van der Waals surface area contributed by atoms with Crippen molar-refractivity contribution < 1.29 is 19.4 Å². The Balaban J connectivity index is 2.38. The molecule has 1 N–H and O–H groups in total. The molecule has 0 unspecified atom stereocenters. The molecule has 2 aromatic rings. The Labute approximate surface area is 122 Å². The van der Waals surface area contributed by atoms with Gasteiger partial charge in [0.15, 0.2) is 5.78 Å². The van der Waals surface area contributed by atoms with Crippen LogP contribution in [0.15, 0.2) is 36.7 Å². The summed E-state index contributed by atoms with van der Waals surface area (Å²) in [6, 6.07) is 6.17. The lowest BCUT2D eigenvalue weighted by Crippen LogP contribution is -2.08. The maximum atomic E-state index is 12.4. The standard InChI is InChI=1S/C16H15NO4/c1-3-21-16(20)12-7-11(8-17-9-12)15(19)13-6-10(2)4-5-14(13)18/h4-9,18H,3H2,1-2H3. The second-order valence-electron chi connectivity index (χ2n) is 4.53. The molecule has 0 bridgehead atoms. The van der Waals surface area contributed by atoms with E-state index in [1.54, 1.807) is 19.1 Å². The molecule has 0 radical (unpaired) electrons. The zero-order chi connectivity index (χ0) is 15.4. The van der Waals surface area contributed by atoms with E-state index in [9.17, 15) is 14.7 Å². The molecule has 5 nitrogen and oxygen atoms in total. The SMILES string of the molecule is CCOC(=O)c1cncc(C(=O)c2cc(C)ccc2O)c1. The number of phenols is 1. The van der Waals surface area contributed by atoms with E-state index >= 15 is 0 Å². The Morgan fingerprint density at radius 2 is 1.90 bits per heavy atom. The summed E-state index contributed by atoms with van der Waals surface area (Å²) in [4.78, 5) is 27.9. The first-order valence-corrected chi connectivity index (χ1v) is 6.49. The van der Waals surface area contributed by atoms with Gasteiger partial charge in [-0.25, -0.2) is 4.79 Å². The largest absolute Gasteiger partial charge is 0.507 e. The van der Waals surface area contributed by atoms with Crippen molar-refractivity contribution in [1.29, 1.82) is 0 Å². The number of pyridine rings is 1. The summed E-state index contributed by atoms with van der Waals surface area (Å²) in [5.74, 6) is -1.03. The van der Waals surface area contributed by atoms with E-state index in [0.29, 0.717) is 0 Å². The normalized spacial score (nSPS) is 10.2. The first-order valence-electron chi connectivity index (χ1n) is 6.49. The Morgan fingerprint density at radius 3 is 2.62 bits per heavy atom. The lowest BCUT2D eigenvalue weighted by molar-refractivity contribution is 0.0526. The number of ketones is 1. The molecule has 5 heteroatoms. The fourth-order valence-corrected chi connectivity index (χ4v) is 1.88. The van der Waals surface area contributed by atoms with Gasteiger partial charge in [-0.2, -0.15) is 0 Å². The Bertz CT molecular complexity index is 694. The molecule has 0 aliphatic carbocycles. The van der Waals surface area contributed by atoms with Crippen LogP contribution in [0.5, 0.6) is 5.75 Å². The number of aryl methyl sites for hydroxylation is 1. The first-order chi connectivity index (χ1) is 10.0. The first kappa shape index (κ1) is 14.7. The van der Waals surface area contributed by atoms with Crippen LogP contribution in [0.1, 0.15) is 38.8 Å². The van der Waals surface area contributed by atoms with Crippen LogP contribution in [0.4, 0.5) is 0 Å². The van der Waals surface area contributed by atoms with Gasteiger partial charge in [0.1, 0.15) is 5.75 Å². The Kier molecular flexibility index (Phi) is 4.33. The quantitative estimate of drug-likeness (QED) is 0.690. The van der Waals surface area contributed by atoms with E-state index in [4.69, 9.17) is 4.74 Å². The van der Waals surface area contributed by atoms with Crippen molar-refractivity contribution in [2.24, 2.45) is 0 Å². The number of hydrogen-bond donors (Lipinski definition) is 1. The summed E-state index contributed by atoms with van der Waals surface area (Å²) in [6.07, 6.45) is 2.69. The molecule has 21 heavy (non-hydrogen) atoms. The number of benzene rings is 1. The van der Waals surface area contributed by atoms with Crippen LogP contribution in [-0.4, -0.2) is 28.4 Å². The monoisotopic (exact) mass is 285 g/mol. The highest BCUT2D eigenvalue weighted by Gasteiger charge is 2.16. The van der Waals surface area contributed by atoms with Crippen molar-refractivity contribution in [3.8, 4) is 5.75 Å². The van der Waals surface area contributed by atoms with Gasteiger partial charge in [0, 0.05) is 18.0 Å². The fraction of sp³-hybridized carbons (Fsp3) is 0.188. The van der Waals surface area contributed by atoms with Crippen molar-refractivity contribution in [1.82, 2.24) is 4.98 Å². The summed E-state index contributed by atoms with van der Waals surface area (Å²) in [6.45, 7) is 3.77. The predicted octanol–water partition coefficient (Wildman–Crippen LogP) is 2.50. The molecule has 0 amide bonds. The number of rotatable bonds is 4. The van der Waals surface area contributed by atoms with E-state index in [2.05, 4.69) is 4.98 Å². The molecule has 1 aromatic carbocycles. The van der Waals surface area contributed by atoms with Gasteiger partial charge in [-0.15, -0.1) is 0 Å². The maximum Gasteiger partial charge on any atom is 0.339 e. The molecular formula is C16H15NO4. The number of nitrogens with zero attached hydrogens (tertiary/aromatic N) is 1. The van der Waals surface area contributed by atoms with Crippen LogP contribution >= 0.6 is 0 Å². The summed E-state index contributed by atoms with van der Waals surface area (Å²) in [5.41, 5.74) is 1.46. The van der Waals surface area contributed by atoms with Crippen LogP contribution in [0, 0.1) is 6.92 Å². The average molecular weight is 285 g/mol. The topological polar surface area (TPSA) is 76.5 Å². The summed E-state index contributed by atoms with van der Waals surface area (Å²) < 4.78 is 4.87. The number of aromatic nitrogens is 1. The third kappa shape index (κ3) is 3.25. The smallest absolute Gasteiger partial charge is 0.339 e. The van der Waals surface area contributed by atoms with Gasteiger partial charge in [-0.1, -0.05) is 11.6 Å². The third-order valence-corrected chi connectivity index (χ3v) is 2.91. The van der Waals surface area contributed by atoms with Crippen LogP contribution in [0.25, 0.3) is 0 Å². The van der Waals surface area contributed by atoms with E-state index in [1.165, 1.54) is 24.5 Å². The van der Waals surface area contributed by atoms with Gasteiger partial charge in [-0.3, -0.25) is 9.78 Å². The summed E-state index contributed by atoms with van der Waals surface area (Å²) in [5, 5.41) is 9.80. The second kappa shape index (κ2) is 6.17. The van der Waals surface area contributed by atoms with Crippen LogP contribution in [-0.2, 0) is 4.74 Å². The molecule has 2 rings (SSSR count). The summed E-state index contributed by atoms with van der Waals surface area (Å²) in [7, 11) is 0. The highest BCUT2D eigenvalue weighted by Crippen LogP contribution is 2.22. The molecule has 1 heterocycles. The molecule has 0 aliphatic rings. The Morgan fingerprint density at radius 1 is 1.19 bits per heavy atom. The number of esters is 1.